The molecule has 2 aromatic rings. The van der Waals surface area contributed by atoms with Crippen molar-refractivity contribution in [2.45, 2.75) is 25.6 Å². The summed E-state index contributed by atoms with van der Waals surface area (Å²) < 4.78 is 13.9. The van der Waals surface area contributed by atoms with E-state index in [-0.39, 0.29) is 17.4 Å². The highest BCUT2D eigenvalue weighted by molar-refractivity contribution is 6.30. The van der Waals surface area contributed by atoms with E-state index in [1.54, 1.807) is 19.2 Å². The normalized spacial score (nSPS) is 19.7. The number of nitrogens with zero attached hydrogens (tertiary/aromatic N) is 2. The third-order valence-electron chi connectivity index (χ3n) is 4.29. The number of halogens is 1. The third kappa shape index (κ3) is 2.76. The van der Waals surface area contributed by atoms with Crippen LogP contribution in [0.2, 0.25) is 5.02 Å². The summed E-state index contributed by atoms with van der Waals surface area (Å²) in [4.78, 5) is 24.9. The highest BCUT2D eigenvalue weighted by Gasteiger charge is 2.35. The highest BCUT2D eigenvalue weighted by Crippen LogP contribution is 2.38. The van der Waals surface area contributed by atoms with E-state index in [1.807, 2.05) is 19.1 Å². The first kappa shape index (κ1) is 16.8. The van der Waals surface area contributed by atoms with Crippen molar-refractivity contribution in [2.24, 2.45) is 14.1 Å². The molecule has 0 aliphatic carbocycles. The zero-order valence-electron chi connectivity index (χ0n) is 13.8. The highest BCUT2D eigenvalue weighted by atomic mass is 35.5. The van der Waals surface area contributed by atoms with Crippen LogP contribution in [0.25, 0.3) is 0 Å². The summed E-state index contributed by atoms with van der Waals surface area (Å²) in [6.45, 7) is 2.35. The Kier molecular flexibility index (Phi) is 4.51. The minimum Gasteiger partial charge on any atom is -0.449 e. The van der Waals surface area contributed by atoms with Gasteiger partial charge in [0.05, 0.1) is 5.56 Å². The Morgan fingerprint density at radius 3 is 2.50 bits per heavy atom. The smallest absolute Gasteiger partial charge is 0.333 e. The van der Waals surface area contributed by atoms with Gasteiger partial charge < -0.3 is 9.47 Å². The molecule has 0 amide bonds. The average molecular weight is 351 g/mol. The summed E-state index contributed by atoms with van der Waals surface area (Å²) in [7, 11) is 3.06. The van der Waals surface area contributed by atoms with Gasteiger partial charge in [-0.3, -0.25) is 13.9 Å². The van der Waals surface area contributed by atoms with Crippen molar-refractivity contribution >= 4 is 11.6 Å². The summed E-state index contributed by atoms with van der Waals surface area (Å²) in [5.41, 5.74) is 0.635. The maximum Gasteiger partial charge on any atom is 0.333 e. The molecule has 1 aromatic carbocycles. The molecule has 7 heteroatoms. The molecule has 6 nitrogen and oxygen atoms in total. The van der Waals surface area contributed by atoms with E-state index in [1.165, 1.54) is 11.6 Å². The quantitative estimate of drug-likeness (QED) is 0.849. The van der Waals surface area contributed by atoms with E-state index < -0.39 is 12.0 Å². The number of benzene rings is 1. The second-order valence-corrected chi connectivity index (χ2v) is 6.20. The molecule has 0 spiro atoms. The fraction of sp³-hybridized carbons (Fsp3) is 0.412. The molecule has 0 saturated carbocycles. The van der Waals surface area contributed by atoms with Crippen LogP contribution in [-0.2, 0) is 18.8 Å². The molecule has 1 aliphatic heterocycles. The van der Waals surface area contributed by atoms with Crippen molar-refractivity contribution in [3.05, 3.63) is 61.3 Å². The molecule has 0 N–H and O–H groups in total. The molecule has 2 heterocycles. The molecule has 128 valence electrons. The topological polar surface area (TPSA) is 62.5 Å². The van der Waals surface area contributed by atoms with Crippen LogP contribution in [0.5, 0.6) is 5.88 Å². The van der Waals surface area contributed by atoms with E-state index in [2.05, 4.69) is 0 Å². The van der Waals surface area contributed by atoms with Crippen molar-refractivity contribution < 1.29 is 9.47 Å². The van der Waals surface area contributed by atoms with E-state index in [4.69, 9.17) is 21.1 Å². The Labute approximate surface area is 144 Å². The van der Waals surface area contributed by atoms with Crippen LogP contribution in [0.4, 0.5) is 0 Å². The Morgan fingerprint density at radius 1 is 1.21 bits per heavy atom. The lowest BCUT2D eigenvalue weighted by molar-refractivity contribution is -0.0943. The predicted octanol–water partition coefficient (Wildman–Crippen LogP) is 2.01. The van der Waals surface area contributed by atoms with Crippen LogP contribution >= 0.6 is 11.6 Å². The number of rotatable bonds is 3. The number of ether oxygens (including phenoxy) is 2. The van der Waals surface area contributed by atoms with Crippen molar-refractivity contribution in [1.29, 1.82) is 0 Å². The van der Waals surface area contributed by atoms with Gasteiger partial charge in [-0.25, -0.2) is 4.79 Å². The average Bonchev–Trinajstić information content (AvgIpc) is 2.58. The Balaban J connectivity index is 2.22. The van der Waals surface area contributed by atoms with Crippen LogP contribution in [0.15, 0.2) is 33.9 Å². The van der Waals surface area contributed by atoms with Gasteiger partial charge in [0.1, 0.15) is 0 Å². The van der Waals surface area contributed by atoms with Gasteiger partial charge in [-0.05, 0) is 24.6 Å². The van der Waals surface area contributed by atoms with Gasteiger partial charge in [0.2, 0.25) is 12.2 Å². The number of fused-ring (bicyclic) bond motifs is 1. The molecular formula is C17H19ClN2O4. The Morgan fingerprint density at radius 2 is 1.88 bits per heavy atom. The van der Waals surface area contributed by atoms with Crippen molar-refractivity contribution in [2.75, 3.05) is 6.61 Å². The van der Waals surface area contributed by atoms with E-state index in [0.29, 0.717) is 23.6 Å². The van der Waals surface area contributed by atoms with Crippen molar-refractivity contribution in [1.82, 2.24) is 9.13 Å². The van der Waals surface area contributed by atoms with Gasteiger partial charge >= 0.3 is 5.69 Å². The van der Waals surface area contributed by atoms with E-state index in [9.17, 15) is 9.59 Å². The van der Waals surface area contributed by atoms with Crippen LogP contribution in [0, 0.1) is 0 Å². The molecule has 0 fully saturated rings. The second kappa shape index (κ2) is 6.45. The molecule has 0 bridgehead atoms. The molecule has 1 aromatic heterocycles. The minimum absolute atomic E-state index is 0.229. The van der Waals surface area contributed by atoms with Crippen molar-refractivity contribution in [3.63, 3.8) is 0 Å². The predicted molar refractivity (Wildman–Crippen MR) is 90.9 cm³/mol. The molecule has 0 radical (unpaired) electrons. The number of aromatic nitrogens is 2. The van der Waals surface area contributed by atoms with Crippen LogP contribution < -0.4 is 16.0 Å². The van der Waals surface area contributed by atoms with E-state index in [0.717, 1.165) is 10.1 Å². The van der Waals surface area contributed by atoms with Gasteiger partial charge in [-0.2, -0.15) is 0 Å². The van der Waals surface area contributed by atoms with Gasteiger partial charge in [0.15, 0.2) is 0 Å². The zero-order chi connectivity index (χ0) is 17.4. The zero-order valence-corrected chi connectivity index (χ0v) is 14.5. The molecule has 0 unspecified atom stereocenters. The summed E-state index contributed by atoms with van der Waals surface area (Å²) >= 11 is 5.97. The summed E-state index contributed by atoms with van der Waals surface area (Å²) in [5, 5.41) is 0.626. The third-order valence-corrected chi connectivity index (χ3v) is 4.54. The number of hydrogen-bond donors (Lipinski definition) is 0. The summed E-state index contributed by atoms with van der Waals surface area (Å²) in [5.74, 6) is 0.0424. The minimum atomic E-state index is -0.513. The first-order valence-electron chi connectivity index (χ1n) is 7.77. The van der Waals surface area contributed by atoms with Gasteiger partial charge in [-0.1, -0.05) is 23.7 Å². The Bertz CT molecular complexity index is 870. The fourth-order valence-electron chi connectivity index (χ4n) is 3.06. The largest absolute Gasteiger partial charge is 0.449 e. The van der Waals surface area contributed by atoms with Crippen molar-refractivity contribution in [3.8, 4) is 5.88 Å². The number of hydrogen-bond acceptors (Lipinski definition) is 4. The molecule has 3 rings (SSSR count). The molecule has 24 heavy (non-hydrogen) atoms. The summed E-state index contributed by atoms with van der Waals surface area (Å²) in [6, 6.07) is 7.34. The fourth-order valence-corrected chi connectivity index (χ4v) is 3.19. The monoisotopic (exact) mass is 350 g/mol. The lowest BCUT2D eigenvalue weighted by Gasteiger charge is -2.32. The summed E-state index contributed by atoms with van der Waals surface area (Å²) in [6.07, 6.45) is -0.0171. The standard InChI is InChI=1S/C17H19ClN2O4/c1-4-23-13-9-12(10-5-7-11(18)8-6-10)14-15(21)19(2)17(22)20(3)16(14)24-13/h5-8,12-13H,4,9H2,1-3H3/t12-,13-/m1/s1. The van der Waals surface area contributed by atoms with Crippen LogP contribution in [-0.4, -0.2) is 22.0 Å². The second-order valence-electron chi connectivity index (χ2n) is 5.77. The van der Waals surface area contributed by atoms with Gasteiger partial charge in [0.25, 0.3) is 5.56 Å². The molecule has 1 aliphatic rings. The molecule has 2 atom stereocenters. The maximum atomic E-state index is 12.7. The van der Waals surface area contributed by atoms with E-state index >= 15 is 0 Å². The molecule has 0 saturated heterocycles. The first-order chi connectivity index (χ1) is 11.4. The lowest BCUT2D eigenvalue weighted by atomic mass is 9.88. The Hall–Kier alpha value is -2.05. The first-order valence-corrected chi connectivity index (χ1v) is 8.15. The van der Waals surface area contributed by atoms with Crippen LogP contribution in [0.3, 0.4) is 0 Å². The van der Waals surface area contributed by atoms with Gasteiger partial charge in [0, 0.05) is 38.1 Å². The molecular weight excluding hydrogens is 332 g/mol. The maximum absolute atomic E-state index is 12.7. The van der Waals surface area contributed by atoms with Gasteiger partial charge in [-0.15, -0.1) is 0 Å². The van der Waals surface area contributed by atoms with Crippen LogP contribution in [0.1, 0.15) is 30.4 Å². The lowest BCUT2D eigenvalue weighted by Crippen LogP contribution is -2.44. The SMILES string of the molecule is CCO[C@H]1C[C@H](c2ccc(Cl)cc2)c2c(n(C)c(=O)n(C)c2=O)O1.